The molecule has 0 aliphatic heterocycles. The molecule has 0 heterocycles. The fourth-order valence-electron chi connectivity index (χ4n) is 1.16. The van der Waals surface area contributed by atoms with E-state index in [1.807, 2.05) is 37.2 Å². The zero-order chi connectivity index (χ0) is 11.3. The molecule has 0 saturated carbocycles. The van der Waals surface area contributed by atoms with Gasteiger partial charge in [-0.2, -0.15) is 11.8 Å². The van der Waals surface area contributed by atoms with Crippen molar-refractivity contribution in [2.75, 3.05) is 43.3 Å². The summed E-state index contributed by atoms with van der Waals surface area (Å²) in [5.74, 6) is 1.75. The number of rotatable bonds is 5. The Morgan fingerprint density at radius 1 is 1.40 bits per heavy atom. The zero-order valence-corrected chi connectivity index (χ0v) is 10.3. The minimum Gasteiger partial charge on any atom is -0.490 e. The number of benzene rings is 1. The molecule has 0 saturated heterocycles. The summed E-state index contributed by atoms with van der Waals surface area (Å²) in [6.07, 6.45) is 2.06. The van der Waals surface area contributed by atoms with Gasteiger partial charge in [-0.15, -0.1) is 0 Å². The summed E-state index contributed by atoms with van der Waals surface area (Å²) < 4.78 is 5.60. The van der Waals surface area contributed by atoms with Gasteiger partial charge in [-0.05, 0) is 18.4 Å². The Labute approximate surface area is 95.6 Å². The molecule has 15 heavy (non-hydrogen) atoms. The quantitative estimate of drug-likeness (QED) is 0.616. The summed E-state index contributed by atoms with van der Waals surface area (Å²) in [7, 11) is 3.99. The van der Waals surface area contributed by atoms with Crippen molar-refractivity contribution >= 4 is 23.1 Å². The number of nitrogen functional groups attached to an aromatic ring is 1. The fraction of sp³-hybridized carbons (Fsp3) is 0.455. The van der Waals surface area contributed by atoms with E-state index >= 15 is 0 Å². The van der Waals surface area contributed by atoms with Crippen molar-refractivity contribution in [2.24, 2.45) is 0 Å². The van der Waals surface area contributed by atoms with Crippen LogP contribution in [0.5, 0.6) is 5.75 Å². The van der Waals surface area contributed by atoms with Gasteiger partial charge in [0.15, 0.2) is 0 Å². The third-order valence-electron chi connectivity index (χ3n) is 2.06. The molecule has 0 aliphatic carbocycles. The Morgan fingerprint density at radius 3 is 2.73 bits per heavy atom. The largest absolute Gasteiger partial charge is 0.490 e. The van der Waals surface area contributed by atoms with Crippen LogP contribution in [0.15, 0.2) is 18.2 Å². The van der Waals surface area contributed by atoms with Crippen LogP contribution in [0.3, 0.4) is 0 Å². The van der Waals surface area contributed by atoms with Gasteiger partial charge in [0.05, 0.1) is 12.3 Å². The van der Waals surface area contributed by atoms with Crippen LogP contribution in [-0.2, 0) is 0 Å². The van der Waals surface area contributed by atoms with Gasteiger partial charge < -0.3 is 15.4 Å². The summed E-state index contributed by atoms with van der Waals surface area (Å²) in [6, 6.07) is 5.83. The minimum absolute atomic E-state index is 0.696. The maximum atomic E-state index is 5.82. The number of nitrogens with two attached hydrogens (primary N) is 1. The second-order valence-corrected chi connectivity index (χ2v) is 4.44. The molecule has 0 aliphatic rings. The molecule has 0 radical (unpaired) electrons. The summed E-state index contributed by atoms with van der Waals surface area (Å²) >= 11 is 1.76. The molecule has 0 aromatic heterocycles. The molecule has 0 amide bonds. The summed E-state index contributed by atoms with van der Waals surface area (Å²) in [4.78, 5) is 2.03. The molecule has 0 unspecified atom stereocenters. The number of ether oxygens (including phenoxy) is 1. The topological polar surface area (TPSA) is 38.5 Å². The molecule has 3 nitrogen and oxygen atoms in total. The maximum absolute atomic E-state index is 5.82. The Morgan fingerprint density at radius 2 is 2.13 bits per heavy atom. The SMILES string of the molecule is CSCCOc1cc(N(C)C)ccc1N. The van der Waals surface area contributed by atoms with Gasteiger partial charge in [-0.3, -0.25) is 0 Å². The zero-order valence-electron chi connectivity index (χ0n) is 9.49. The summed E-state index contributed by atoms with van der Waals surface area (Å²) in [6.45, 7) is 0.697. The van der Waals surface area contributed by atoms with Crippen LogP contribution in [0.25, 0.3) is 0 Å². The van der Waals surface area contributed by atoms with Crippen molar-refractivity contribution in [3.05, 3.63) is 18.2 Å². The predicted molar refractivity (Wildman–Crippen MR) is 69.1 cm³/mol. The molecule has 0 bridgehead atoms. The van der Waals surface area contributed by atoms with Crippen LogP contribution in [0.2, 0.25) is 0 Å². The van der Waals surface area contributed by atoms with Crippen LogP contribution in [0.1, 0.15) is 0 Å². The van der Waals surface area contributed by atoms with Gasteiger partial charge in [0.1, 0.15) is 5.75 Å². The molecule has 0 spiro atoms. The van der Waals surface area contributed by atoms with Gasteiger partial charge in [0, 0.05) is 31.6 Å². The lowest BCUT2D eigenvalue weighted by Crippen LogP contribution is -2.09. The standard InChI is InChI=1S/C11H18N2OS/c1-13(2)9-4-5-10(12)11(8-9)14-6-7-15-3/h4-5,8H,6-7,12H2,1-3H3. The lowest BCUT2D eigenvalue weighted by Gasteiger charge is -2.15. The summed E-state index contributed by atoms with van der Waals surface area (Å²) in [5.41, 5.74) is 7.62. The van der Waals surface area contributed by atoms with Gasteiger partial charge >= 0.3 is 0 Å². The summed E-state index contributed by atoms with van der Waals surface area (Å²) in [5, 5.41) is 0. The highest BCUT2D eigenvalue weighted by Crippen LogP contribution is 2.26. The van der Waals surface area contributed by atoms with Crippen molar-refractivity contribution < 1.29 is 4.74 Å². The number of nitrogens with zero attached hydrogens (tertiary/aromatic N) is 1. The molecule has 2 N–H and O–H groups in total. The smallest absolute Gasteiger partial charge is 0.144 e. The normalized spacial score (nSPS) is 10.1. The second kappa shape index (κ2) is 5.75. The van der Waals surface area contributed by atoms with Crippen LogP contribution in [-0.4, -0.2) is 32.7 Å². The van der Waals surface area contributed by atoms with E-state index in [2.05, 4.69) is 6.26 Å². The first-order valence-electron chi connectivity index (χ1n) is 4.83. The van der Waals surface area contributed by atoms with Crippen molar-refractivity contribution in [1.29, 1.82) is 0 Å². The van der Waals surface area contributed by atoms with Crippen LogP contribution in [0.4, 0.5) is 11.4 Å². The Bertz CT molecular complexity index is 315. The van der Waals surface area contributed by atoms with Crippen LogP contribution in [0, 0.1) is 0 Å². The van der Waals surface area contributed by atoms with Gasteiger partial charge in [-0.1, -0.05) is 0 Å². The van der Waals surface area contributed by atoms with Crippen LogP contribution >= 0.6 is 11.8 Å². The van der Waals surface area contributed by atoms with E-state index in [0.29, 0.717) is 12.3 Å². The Balaban J connectivity index is 2.72. The molecule has 0 atom stereocenters. The van der Waals surface area contributed by atoms with Crippen molar-refractivity contribution in [2.45, 2.75) is 0 Å². The van der Waals surface area contributed by atoms with E-state index in [1.165, 1.54) is 0 Å². The van der Waals surface area contributed by atoms with Crippen molar-refractivity contribution in [3.63, 3.8) is 0 Å². The van der Waals surface area contributed by atoms with Gasteiger partial charge in [-0.25, -0.2) is 0 Å². The van der Waals surface area contributed by atoms with E-state index in [0.717, 1.165) is 17.2 Å². The predicted octanol–water partition coefficient (Wildman–Crippen LogP) is 2.08. The first-order valence-corrected chi connectivity index (χ1v) is 6.23. The van der Waals surface area contributed by atoms with E-state index in [4.69, 9.17) is 10.5 Å². The average molecular weight is 226 g/mol. The molecule has 1 aromatic carbocycles. The Kier molecular flexibility index (Phi) is 4.62. The molecular formula is C11H18N2OS. The molecule has 1 rings (SSSR count). The molecular weight excluding hydrogens is 208 g/mol. The average Bonchev–Trinajstić information content (AvgIpc) is 2.20. The van der Waals surface area contributed by atoms with Gasteiger partial charge in [0.2, 0.25) is 0 Å². The van der Waals surface area contributed by atoms with E-state index in [1.54, 1.807) is 11.8 Å². The van der Waals surface area contributed by atoms with Crippen LogP contribution < -0.4 is 15.4 Å². The van der Waals surface area contributed by atoms with E-state index in [-0.39, 0.29) is 0 Å². The van der Waals surface area contributed by atoms with E-state index < -0.39 is 0 Å². The first-order chi connectivity index (χ1) is 7.15. The second-order valence-electron chi connectivity index (χ2n) is 3.46. The molecule has 4 heteroatoms. The third-order valence-corrected chi connectivity index (χ3v) is 2.63. The van der Waals surface area contributed by atoms with Gasteiger partial charge in [0.25, 0.3) is 0 Å². The van der Waals surface area contributed by atoms with Crippen molar-refractivity contribution in [1.82, 2.24) is 0 Å². The number of hydrogen-bond acceptors (Lipinski definition) is 4. The molecule has 0 fully saturated rings. The highest BCUT2D eigenvalue weighted by Gasteiger charge is 2.03. The number of thioether (sulfide) groups is 1. The highest BCUT2D eigenvalue weighted by atomic mass is 32.2. The Hall–Kier alpha value is -1.03. The number of anilines is 2. The van der Waals surface area contributed by atoms with E-state index in [9.17, 15) is 0 Å². The first kappa shape index (κ1) is 12.0. The lowest BCUT2D eigenvalue weighted by atomic mass is 10.2. The number of hydrogen-bond donors (Lipinski definition) is 1. The molecule has 84 valence electrons. The highest BCUT2D eigenvalue weighted by molar-refractivity contribution is 7.98. The minimum atomic E-state index is 0.696. The monoisotopic (exact) mass is 226 g/mol. The fourth-order valence-corrected chi connectivity index (χ4v) is 1.41. The third kappa shape index (κ3) is 3.55. The molecule has 1 aromatic rings. The maximum Gasteiger partial charge on any atom is 0.144 e. The lowest BCUT2D eigenvalue weighted by molar-refractivity contribution is 0.346. The van der Waals surface area contributed by atoms with Crippen molar-refractivity contribution in [3.8, 4) is 5.75 Å².